The lowest BCUT2D eigenvalue weighted by Crippen LogP contribution is -2.33. The van der Waals surface area contributed by atoms with Crippen molar-refractivity contribution in [2.75, 3.05) is 13.2 Å². The van der Waals surface area contributed by atoms with Gasteiger partial charge in [0.2, 0.25) is 6.10 Å². The van der Waals surface area contributed by atoms with Gasteiger partial charge >= 0.3 is 11.9 Å². The van der Waals surface area contributed by atoms with Gasteiger partial charge in [0.25, 0.3) is 5.91 Å². The van der Waals surface area contributed by atoms with Crippen LogP contribution in [0, 0.1) is 13.8 Å². The lowest BCUT2D eigenvalue weighted by molar-refractivity contribution is -0.159. The second-order valence-corrected chi connectivity index (χ2v) is 4.92. The van der Waals surface area contributed by atoms with E-state index in [-0.39, 0.29) is 19.1 Å². The predicted octanol–water partition coefficient (Wildman–Crippen LogP) is 0.892. The summed E-state index contributed by atoms with van der Waals surface area (Å²) in [4.78, 5) is 34.6. The van der Waals surface area contributed by atoms with Gasteiger partial charge in [-0.2, -0.15) is 0 Å². The molecule has 1 amide bonds. The third-order valence-corrected chi connectivity index (χ3v) is 3.32. The molecule has 1 aliphatic rings. The number of ether oxygens (including phenoxy) is 2. The summed E-state index contributed by atoms with van der Waals surface area (Å²) in [5.74, 6) is -1.55. The van der Waals surface area contributed by atoms with E-state index in [2.05, 4.69) is 10.1 Å². The number of amides is 1. The van der Waals surface area contributed by atoms with Crippen molar-refractivity contribution in [3.05, 3.63) is 34.9 Å². The molecule has 1 atom stereocenters. The summed E-state index contributed by atoms with van der Waals surface area (Å²) in [5, 5.41) is 2.47. The number of hydrogen-bond acceptors (Lipinski definition) is 5. The van der Waals surface area contributed by atoms with E-state index in [0.29, 0.717) is 12.0 Å². The van der Waals surface area contributed by atoms with Crippen LogP contribution >= 0.6 is 0 Å². The molecule has 0 saturated carbocycles. The molecule has 6 nitrogen and oxygen atoms in total. The van der Waals surface area contributed by atoms with Crippen LogP contribution in [0.25, 0.3) is 0 Å². The van der Waals surface area contributed by atoms with E-state index >= 15 is 0 Å². The van der Waals surface area contributed by atoms with Gasteiger partial charge in [0.1, 0.15) is 6.54 Å². The maximum atomic E-state index is 11.9. The summed E-state index contributed by atoms with van der Waals surface area (Å²) in [6, 6.07) is 5.29. The minimum absolute atomic E-state index is 0.256. The van der Waals surface area contributed by atoms with Gasteiger partial charge in [0.05, 0.1) is 6.61 Å². The van der Waals surface area contributed by atoms with Crippen molar-refractivity contribution in [2.24, 2.45) is 0 Å². The normalized spacial score (nSPS) is 17.2. The smallest absolute Gasteiger partial charge is 0.347 e. The minimum Gasteiger partial charge on any atom is -0.463 e. The number of benzene rings is 1. The van der Waals surface area contributed by atoms with Gasteiger partial charge < -0.3 is 14.8 Å². The summed E-state index contributed by atoms with van der Waals surface area (Å²) >= 11 is 0. The molecule has 0 aromatic heterocycles. The number of esters is 2. The van der Waals surface area contributed by atoms with Crippen molar-refractivity contribution in [3.63, 3.8) is 0 Å². The molecule has 0 aliphatic carbocycles. The molecule has 0 bridgehead atoms. The number of nitrogens with one attached hydrogen (secondary N) is 1. The van der Waals surface area contributed by atoms with Crippen LogP contribution in [0.5, 0.6) is 0 Å². The molecule has 2 rings (SSSR count). The van der Waals surface area contributed by atoms with Gasteiger partial charge in [0.15, 0.2) is 0 Å². The Morgan fingerprint density at radius 2 is 2.10 bits per heavy atom. The number of hydrogen-bond donors (Lipinski definition) is 1. The molecule has 1 aromatic rings. The van der Waals surface area contributed by atoms with Crippen molar-refractivity contribution in [2.45, 2.75) is 26.4 Å². The summed E-state index contributed by atoms with van der Waals surface area (Å²) in [6.07, 6.45) is -0.494. The molecule has 6 heteroatoms. The lowest BCUT2D eigenvalue weighted by atomic mass is 10.1. The highest BCUT2D eigenvalue weighted by atomic mass is 16.6. The molecule has 1 fully saturated rings. The molecule has 0 radical (unpaired) electrons. The van der Waals surface area contributed by atoms with Crippen molar-refractivity contribution < 1.29 is 23.9 Å². The number of carbonyl (C=O) groups excluding carboxylic acids is 3. The fourth-order valence-electron chi connectivity index (χ4n) is 1.92. The standard InChI is InChI=1S/C15H17NO5/c1-9-3-4-11(7-10(9)2)14(18)16-8-13(17)21-12-5-6-20-15(12)19/h3-4,7,12H,5-6,8H2,1-2H3,(H,16,18)/t12-/m0/s1. The van der Waals surface area contributed by atoms with E-state index in [0.717, 1.165) is 11.1 Å². The highest BCUT2D eigenvalue weighted by Gasteiger charge is 2.30. The Morgan fingerprint density at radius 1 is 1.33 bits per heavy atom. The Labute approximate surface area is 122 Å². The van der Waals surface area contributed by atoms with Crippen LogP contribution in [0.2, 0.25) is 0 Å². The Morgan fingerprint density at radius 3 is 2.71 bits per heavy atom. The van der Waals surface area contributed by atoms with Gasteiger partial charge in [-0.1, -0.05) is 6.07 Å². The summed E-state index contributed by atoms with van der Waals surface area (Å²) in [6.45, 7) is 3.84. The molecule has 1 saturated heterocycles. The first kappa shape index (κ1) is 15.0. The number of rotatable bonds is 4. The Balaban J connectivity index is 1.84. The number of aryl methyl sites for hydroxylation is 2. The molecular weight excluding hydrogens is 274 g/mol. The highest BCUT2D eigenvalue weighted by Crippen LogP contribution is 2.11. The van der Waals surface area contributed by atoms with E-state index in [1.165, 1.54) is 0 Å². The largest absolute Gasteiger partial charge is 0.463 e. The van der Waals surface area contributed by atoms with Gasteiger partial charge in [-0.25, -0.2) is 4.79 Å². The zero-order chi connectivity index (χ0) is 15.4. The zero-order valence-electron chi connectivity index (χ0n) is 12.0. The van der Waals surface area contributed by atoms with Crippen LogP contribution in [0.1, 0.15) is 27.9 Å². The quantitative estimate of drug-likeness (QED) is 0.833. The SMILES string of the molecule is Cc1ccc(C(=O)NCC(=O)O[C@H]2CCOC2=O)cc1C. The molecule has 21 heavy (non-hydrogen) atoms. The molecule has 0 unspecified atom stereocenters. The molecule has 1 N–H and O–H groups in total. The van der Waals surface area contributed by atoms with Crippen LogP contribution in [-0.4, -0.2) is 37.1 Å². The molecule has 1 heterocycles. The molecule has 1 aliphatic heterocycles. The average molecular weight is 291 g/mol. The lowest BCUT2D eigenvalue weighted by Gasteiger charge is -2.09. The van der Waals surface area contributed by atoms with Crippen LogP contribution in [-0.2, 0) is 19.1 Å². The van der Waals surface area contributed by atoms with Crippen molar-refractivity contribution in [3.8, 4) is 0 Å². The van der Waals surface area contributed by atoms with E-state index in [9.17, 15) is 14.4 Å². The zero-order valence-corrected chi connectivity index (χ0v) is 12.0. The maximum Gasteiger partial charge on any atom is 0.347 e. The second-order valence-electron chi connectivity index (χ2n) is 4.92. The molecule has 1 aromatic carbocycles. The fourth-order valence-corrected chi connectivity index (χ4v) is 1.92. The number of carbonyl (C=O) groups is 3. The third kappa shape index (κ3) is 3.81. The molecular formula is C15H17NO5. The summed E-state index contributed by atoms with van der Waals surface area (Å²) in [7, 11) is 0. The summed E-state index contributed by atoms with van der Waals surface area (Å²) in [5.41, 5.74) is 2.57. The first-order valence-corrected chi connectivity index (χ1v) is 6.69. The predicted molar refractivity (Wildman–Crippen MR) is 73.7 cm³/mol. The van der Waals surface area contributed by atoms with Crippen LogP contribution < -0.4 is 5.32 Å². The van der Waals surface area contributed by atoms with Crippen LogP contribution in [0.3, 0.4) is 0 Å². The Hall–Kier alpha value is -2.37. The van der Waals surface area contributed by atoms with E-state index in [1.807, 2.05) is 19.9 Å². The van der Waals surface area contributed by atoms with E-state index < -0.39 is 18.0 Å². The fraction of sp³-hybridized carbons (Fsp3) is 0.400. The van der Waals surface area contributed by atoms with Gasteiger partial charge in [-0.15, -0.1) is 0 Å². The first-order valence-electron chi connectivity index (χ1n) is 6.69. The van der Waals surface area contributed by atoms with Crippen molar-refractivity contribution >= 4 is 17.8 Å². The van der Waals surface area contributed by atoms with Crippen LogP contribution in [0.4, 0.5) is 0 Å². The third-order valence-electron chi connectivity index (χ3n) is 3.32. The monoisotopic (exact) mass is 291 g/mol. The minimum atomic E-state index is -0.851. The average Bonchev–Trinajstić information content (AvgIpc) is 2.84. The van der Waals surface area contributed by atoms with Crippen LogP contribution in [0.15, 0.2) is 18.2 Å². The van der Waals surface area contributed by atoms with Gasteiger partial charge in [-0.3, -0.25) is 9.59 Å². The highest BCUT2D eigenvalue weighted by molar-refractivity contribution is 5.96. The molecule has 0 spiro atoms. The topological polar surface area (TPSA) is 81.7 Å². The Bertz CT molecular complexity index is 581. The van der Waals surface area contributed by atoms with Gasteiger partial charge in [0, 0.05) is 12.0 Å². The Kier molecular flexibility index (Phi) is 4.57. The van der Waals surface area contributed by atoms with Crippen molar-refractivity contribution in [1.82, 2.24) is 5.32 Å². The van der Waals surface area contributed by atoms with Crippen molar-refractivity contribution in [1.29, 1.82) is 0 Å². The molecule has 112 valence electrons. The number of cyclic esters (lactones) is 1. The van der Waals surface area contributed by atoms with Gasteiger partial charge in [-0.05, 0) is 37.1 Å². The van der Waals surface area contributed by atoms with E-state index in [4.69, 9.17) is 4.74 Å². The second kappa shape index (κ2) is 6.39. The van der Waals surface area contributed by atoms with E-state index in [1.54, 1.807) is 12.1 Å². The maximum absolute atomic E-state index is 11.9. The summed E-state index contributed by atoms with van der Waals surface area (Å²) < 4.78 is 9.61. The first-order chi connectivity index (χ1) is 9.97.